The molecule has 2 aliphatic heterocycles. The van der Waals surface area contributed by atoms with Crippen molar-refractivity contribution in [2.75, 3.05) is 6.61 Å². The maximum Gasteiger partial charge on any atom is 0.169 e. The SMILES string of the molecule is CC1(C)O[C@H]([C@H]2COC3(CCCCC3)O2)[C@@H](C=O)O1. The first kappa shape index (κ1) is 13.5. The van der Waals surface area contributed by atoms with Crippen molar-refractivity contribution in [3.63, 3.8) is 0 Å². The van der Waals surface area contributed by atoms with E-state index in [-0.39, 0.29) is 12.2 Å². The third kappa shape index (κ3) is 2.57. The van der Waals surface area contributed by atoms with Gasteiger partial charge in [0.2, 0.25) is 0 Å². The molecule has 1 spiro atoms. The number of carbonyl (C=O) groups excluding carboxylic acids is 1. The minimum atomic E-state index is -0.734. The smallest absolute Gasteiger partial charge is 0.169 e. The van der Waals surface area contributed by atoms with Gasteiger partial charge >= 0.3 is 0 Å². The van der Waals surface area contributed by atoms with Gasteiger partial charge in [0.25, 0.3) is 0 Å². The van der Waals surface area contributed by atoms with Gasteiger partial charge in [0.05, 0.1) is 6.61 Å². The lowest BCUT2D eigenvalue weighted by Crippen LogP contribution is -2.40. The number of hydrogen-bond acceptors (Lipinski definition) is 5. The predicted molar refractivity (Wildman–Crippen MR) is 66.5 cm³/mol. The van der Waals surface area contributed by atoms with Crippen molar-refractivity contribution in [2.24, 2.45) is 0 Å². The summed E-state index contributed by atoms with van der Waals surface area (Å²) < 4.78 is 23.4. The average molecular weight is 270 g/mol. The Hall–Kier alpha value is -0.490. The standard InChI is InChI=1S/C14H22O5/c1-13(2)17-10(8-15)12(19-13)11-9-16-14(18-11)6-4-3-5-7-14/h8,10-12H,3-7,9H2,1-2H3/t10-,11-,12+/m1/s1. The predicted octanol–water partition coefficient (Wildman–Crippen LogP) is 1.78. The Kier molecular flexibility index (Phi) is 3.41. The van der Waals surface area contributed by atoms with Crippen molar-refractivity contribution in [1.29, 1.82) is 0 Å². The van der Waals surface area contributed by atoms with Crippen molar-refractivity contribution in [1.82, 2.24) is 0 Å². The van der Waals surface area contributed by atoms with Gasteiger partial charge in [-0.15, -0.1) is 0 Å². The molecule has 0 bridgehead atoms. The summed E-state index contributed by atoms with van der Waals surface area (Å²) in [4.78, 5) is 11.1. The van der Waals surface area contributed by atoms with Gasteiger partial charge in [-0.3, -0.25) is 0 Å². The van der Waals surface area contributed by atoms with Crippen LogP contribution in [0.2, 0.25) is 0 Å². The van der Waals surface area contributed by atoms with E-state index in [2.05, 4.69) is 0 Å². The molecule has 0 aromatic carbocycles. The molecule has 5 heteroatoms. The number of aldehydes is 1. The summed E-state index contributed by atoms with van der Waals surface area (Å²) in [7, 11) is 0. The zero-order chi connectivity index (χ0) is 13.5. The highest BCUT2D eigenvalue weighted by atomic mass is 16.8. The minimum absolute atomic E-state index is 0.213. The Bertz CT molecular complexity index is 348. The topological polar surface area (TPSA) is 54.0 Å². The van der Waals surface area contributed by atoms with Crippen LogP contribution in [0.25, 0.3) is 0 Å². The van der Waals surface area contributed by atoms with Crippen molar-refractivity contribution in [3.05, 3.63) is 0 Å². The molecule has 0 unspecified atom stereocenters. The number of ether oxygens (including phenoxy) is 4. The molecule has 1 aliphatic carbocycles. The second-order valence-electron chi connectivity index (χ2n) is 6.14. The van der Waals surface area contributed by atoms with Crippen LogP contribution in [-0.4, -0.2) is 42.8 Å². The molecule has 1 saturated carbocycles. The molecule has 0 amide bonds. The molecule has 2 saturated heterocycles. The summed E-state index contributed by atoms with van der Waals surface area (Å²) in [5.41, 5.74) is 0. The quantitative estimate of drug-likeness (QED) is 0.716. The zero-order valence-corrected chi connectivity index (χ0v) is 11.6. The Morgan fingerprint density at radius 1 is 1.05 bits per heavy atom. The molecule has 5 nitrogen and oxygen atoms in total. The largest absolute Gasteiger partial charge is 0.347 e. The Balaban J connectivity index is 1.68. The summed E-state index contributed by atoms with van der Waals surface area (Å²) in [6.07, 6.45) is 5.04. The van der Waals surface area contributed by atoms with Crippen LogP contribution in [0.3, 0.4) is 0 Å². The Morgan fingerprint density at radius 2 is 1.79 bits per heavy atom. The molecular formula is C14H22O5. The van der Waals surface area contributed by atoms with E-state index in [0.717, 1.165) is 32.0 Å². The fourth-order valence-electron chi connectivity index (χ4n) is 3.30. The molecule has 3 aliphatic rings. The lowest BCUT2D eigenvalue weighted by atomic mass is 9.94. The van der Waals surface area contributed by atoms with E-state index in [1.54, 1.807) is 0 Å². The first-order valence-electron chi connectivity index (χ1n) is 7.16. The van der Waals surface area contributed by atoms with Crippen molar-refractivity contribution < 1.29 is 23.7 Å². The fraction of sp³-hybridized carbons (Fsp3) is 0.929. The van der Waals surface area contributed by atoms with Gasteiger partial charge < -0.3 is 23.7 Å². The van der Waals surface area contributed by atoms with Crippen molar-refractivity contribution >= 4 is 6.29 Å². The van der Waals surface area contributed by atoms with Crippen LogP contribution >= 0.6 is 0 Å². The maximum atomic E-state index is 11.1. The first-order chi connectivity index (χ1) is 9.04. The third-order valence-electron chi connectivity index (χ3n) is 4.16. The van der Waals surface area contributed by atoms with Gasteiger partial charge in [-0.2, -0.15) is 0 Å². The van der Waals surface area contributed by atoms with Crippen LogP contribution in [0.15, 0.2) is 0 Å². The van der Waals surface area contributed by atoms with E-state index >= 15 is 0 Å². The third-order valence-corrected chi connectivity index (χ3v) is 4.16. The van der Waals surface area contributed by atoms with E-state index in [1.807, 2.05) is 13.8 Å². The maximum absolute atomic E-state index is 11.1. The van der Waals surface area contributed by atoms with Crippen molar-refractivity contribution in [3.8, 4) is 0 Å². The van der Waals surface area contributed by atoms with Crippen LogP contribution in [0.4, 0.5) is 0 Å². The molecule has 19 heavy (non-hydrogen) atoms. The van der Waals surface area contributed by atoms with Gasteiger partial charge in [0, 0.05) is 12.8 Å². The van der Waals surface area contributed by atoms with E-state index in [1.165, 1.54) is 6.42 Å². The molecule has 0 radical (unpaired) electrons. The monoisotopic (exact) mass is 270 g/mol. The van der Waals surface area contributed by atoms with Gasteiger partial charge in [0.15, 0.2) is 17.9 Å². The van der Waals surface area contributed by atoms with Crippen LogP contribution in [0.1, 0.15) is 46.0 Å². The van der Waals surface area contributed by atoms with E-state index in [9.17, 15) is 4.79 Å². The van der Waals surface area contributed by atoms with E-state index in [0.29, 0.717) is 6.61 Å². The molecule has 2 heterocycles. The molecular weight excluding hydrogens is 248 g/mol. The van der Waals surface area contributed by atoms with Crippen molar-refractivity contribution in [2.45, 2.75) is 75.8 Å². The summed E-state index contributed by atoms with van der Waals surface area (Å²) >= 11 is 0. The van der Waals surface area contributed by atoms with Gasteiger partial charge in [-0.1, -0.05) is 6.42 Å². The van der Waals surface area contributed by atoms with Crippen LogP contribution in [-0.2, 0) is 23.7 Å². The summed E-state index contributed by atoms with van der Waals surface area (Å²) in [5, 5.41) is 0. The molecule has 0 N–H and O–H groups in total. The highest BCUT2D eigenvalue weighted by Crippen LogP contribution is 2.41. The first-order valence-corrected chi connectivity index (χ1v) is 7.16. The molecule has 3 fully saturated rings. The summed E-state index contributed by atoms with van der Waals surface area (Å²) in [5.74, 6) is -1.17. The highest BCUT2D eigenvalue weighted by molar-refractivity contribution is 5.58. The second-order valence-corrected chi connectivity index (χ2v) is 6.14. The zero-order valence-electron chi connectivity index (χ0n) is 11.6. The number of rotatable bonds is 2. The van der Waals surface area contributed by atoms with E-state index < -0.39 is 17.7 Å². The minimum Gasteiger partial charge on any atom is -0.347 e. The summed E-state index contributed by atoms with van der Waals surface area (Å²) in [6, 6.07) is 0. The Morgan fingerprint density at radius 3 is 2.47 bits per heavy atom. The number of hydrogen-bond donors (Lipinski definition) is 0. The molecule has 0 aromatic rings. The molecule has 108 valence electrons. The number of carbonyl (C=O) groups is 1. The molecule has 0 aromatic heterocycles. The fourth-order valence-corrected chi connectivity index (χ4v) is 3.30. The van der Waals surface area contributed by atoms with Crippen LogP contribution < -0.4 is 0 Å². The Labute approximate surface area is 113 Å². The highest BCUT2D eigenvalue weighted by Gasteiger charge is 2.52. The summed E-state index contributed by atoms with van der Waals surface area (Å²) in [6.45, 7) is 4.11. The van der Waals surface area contributed by atoms with Gasteiger partial charge in [-0.05, 0) is 26.7 Å². The normalized spacial score (nSPS) is 40.6. The molecule has 3 rings (SSSR count). The van der Waals surface area contributed by atoms with Gasteiger partial charge in [-0.25, -0.2) is 0 Å². The average Bonchev–Trinajstić information content (AvgIpc) is 2.91. The molecule has 3 atom stereocenters. The van der Waals surface area contributed by atoms with E-state index in [4.69, 9.17) is 18.9 Å². The lowest BCUT2D eigenvalue weighted by Gasteiger charge is -2.32. The second kappa shape index (κ2) is 4.81. The van der Waals surface area contributed by atoms with Crippen LogP contribution in [0, 0.1) is 0 Å². The van der Waals surface area contributed by atoms with Gasteiger partial charge in [0.1, 0.15) is 18.3 Å². The van der Waals surface area contributed by atoms with Crippen LogP contribution in [0.5, 0.6) is 0 Å². The lowest BCUT2D eigenvalue weighted by molar-refractivity contribution is -0.203.